The van der Waals surface area contributed by atoms with Crippen LogP contribution in [0.25, 0.3) is 11.3 Å². The molecule has 1 aromatic heterocycles. The van der Waals surface area contributed by atoms with Gasteiger partial charge in [0, 0.05) is 17.8 Å². The third-order valence-corrected chi connectivity index (χ3v) is 5.06. The van der Waals surface area contributed by atoms with Crippen LogP contribution < -0.4 is 5.32 Å². The molecule has 0 aliphatic rings. The molecule has 0 saturated carbocycles. The number of rotatable bonds is 7. The summed E-state index contributed by atoms with van der Waals surface area (Å²) in [5.41, 5.74) is 4.04. The molecule has 3 rings (SSSR count). The van der Waals surface area contributed by atoms with E-state index in [1.807, 2.05) is 61.5 Å². The Bertz CT molecular complexity index is 885. The van der Waals surface area contributed by atoms with Crippen molar-refractivity contribution in [3.63, 3.8) is 0 Å². The van der Waals surface area contributed by atoms with Crippen molar-refractivity contribution in [1.29, 1.82) is 0 Å². The number of carbonyl (C=O) groups excluding carboxylic acids is 1. The molecule has 0 bridgehead atoms. The molecule has 4 nitrogen and oxygen atoms in total. The number of hydrogen-bond donors (Lipinski definition) is 1. The number of hydrogen-bond acceptors (Lipinski definition) is 4. The van der Waals surface area contributed by atoms with Crippen LogP contribution in [0.2, 0.25) is 0 Å². The molecule has 3 aromatic rings. The fourth-order valence-electron chi connectivity index (χ4n) is 2.71. The van der Waals surface area contributed by atoms with Crippen LogP contribution in [0, 0.1) is 6.92 Å². The summed E-state index contributed by atoms with van der Waals surface area (Å²) >= 11 is 1.36. The molecule has 1 atom stereocenters. The Kier molecular flexibility index (Phi) is 6.60. The summed E-state index contributed by atoms with van der Waals surface area (Å²) in [4.78, 5) is 21.2. The van der Waals surface area contributed by atoms with Crippen LogP contribution in [-0.2, 0) is 4.79 Å². The van der Waals surface area contributed by atoms with Gasteiger partial charge in [0.25, 0.3) is 0 Å². The standard InChI is InChI=1S/C22H23N3OS/c1-16(18-9-5-3-6-10-18)14-23-21(26)15-27-22-24-17(2)13-20(25-22)19-11-7-4-8-12-19/h3-13,16H,14-15H2,1-2H3,(H,23,26)/t16-/m0/s1. The number of thioether (sulfide) groups is 1. The van der Waals surface area contributed by atoms with Gasteiger partial charge in [-0.2, -0.15) is 0 Å². The molecule has 5 heteroatoms. The SMILES string of the molecule is Cc1cc(-c2ccccc2)nc(SCC(=O)NC[C@H](C)c2ccccc2)n1. The Balaban J connectivity index is 1.55. The molecule has 138 valence electrons. The zero-order chi connectivity index (χ0) is 19.1. The molecule has 27 heavy (non-hydrogen) atoms. The van der Waals surface area contributed by atoms with Crippen LogP contribution >= 0.6 is 11.8 Å². The van der Waals surface area contributed by atoms with Gasteiger partial charge >= 0.3 is 0 Å². The van der Waals surface area contributed by atoms with Crippen molar-refractivity contribution in [1.82, 2.24) is 15.3 Å². The molecule has 2 aromatic carbocycles. The fourth-order valence-corrected chi connectivity index (χ4v) is 3.44. The molecule has 1 N–H and O–H groups in total. The molecule has 0 spiro atoms. The van der Waals surface area contributed by atoms with E-state index in [0.717, 1.165) is 17.0 Å². The Morgan fingerprint density at radius 3 is 2.41 bits per heavy atom. The van der Waals surface area contributed by atoms with Crippen LogP contribution in [0.5, 0.6) is 0 Å². The Morgan fingerprint density at radius 1 is 1.04 bits per heavy atom. The van der Waals surface area contributed by atoms with Crippen molar-refractivity contribution in [3.8, 4) is 11.3 Å². The normalized spacial score (nSPS) is 11.8. The summed E-state index contributed by atoms with van der Waals surface area (Å²) in [6.07, 6.45) is 0. The molecule has 0 aliphatic carbocycles. The molecule has 1 heterocycles. The summed E-state index contributed by atoms with van der Waals surface area (Å²) in [6.45, 7) is 4.67. The maximum absolute atomic E-state index is 12.2. The number of aromatic nitrogens is 2. The van der Waals surface area contributed by atoms with Gasteiger partial charge in [0.15, 0.2) is 5.16 Å². The first kappa shape index (κ1) is 19.1. The highest BCUT2D eigenvalue weighted by Gasteiger charge is 2.10. The zero-order valence-corrected chi connectivity index (χ0v) is 16.4. The predicted molar refractivity (Wildman–Crippen MR) is 111 cm³/mol. The van der Waals surface area contributed by atoms with E-state index in [2.05, 4.69) is 34.3 Å². The van der Waals surface area contributed by atoms with Gasteiger partial charge in [-0.05, 0) is 24.5 Å². The molecule has 0 unspecified atom stereocenters. The van der Waals surface area contributed by atoms with Crippen LogP contribution in [0.4, 0.5) is 0 Å². The highest BCUT2D eigenvalue weighted by molar-refractivity contribution is 7.99. The molecule has 0 fully saturated rings. The summed E-state index contributed by atoms with van der Waals surface area (Å²) in [5.74, 6) is 0.577. The summed E-state index contributed by atoms with van der Waals surface area (Å²) < 4.78 is 0. The second-order valence-corrected chi connectivity index (χ2v) is 7.39. The number of nitrogens with zero attached hydrogens (tertiary/aromatic N) is 2. The van der Waals surface area contributed by atoms with Crippen LogP contribution in [-0.4, -0.2) is 28.2 Å². The van der Waals surface area contributed by atoms with Gasteiger partial charge in [0.05, 0.1) is 11.4 Å². The fraction of sp³-hybridized carbons (Fsp3) is 0.227. The number of amides is 1. The highest BCUT2D eigenvalue weighted by atomic mass is 32.2. The molecular formula is C22H23N3OS. The van der Waals surface area contributed by atoms with Crippen LogP contribution in [0.3, 0.4) is 0 Å². The first-order valence-corrected chi connectivity index (χ1v) is 9.96. The van der Waals surface area contributed by atoms with Gasteiger partial charge < -0.3 is 5.32 Å². The summed E-state index contributed by atoms with van der Waals surface area (Å²) in [7, 11) is 0. The topological polar surface area (TPSA) is 54.9 Å². The molecule has 1 amide bonds. The van der Waals surface area contributed by atoms with Crippen molar-refractivity contribution in [3.05, 3.63) is 78.0 Å². The van der Waals surface area contributed by atoms with E-state index in [9.17, 15) is 4.79 Å². The van der Waals surface area contributed by atoms with Gasteiger partial charge in [-0.25, -0.2) is 9.97 Å². The third kappa shape index (κ3) is 5.66. The maximum atomic E-state index is 12.2. The van der Waals surface area contributed by atoms with Gasteiger partial charge in [-0.3, -0.25) is 4.79 Å². The Labute approximate surface area is 164 Å². The minimum atomic E-state index is -0.00542. The van der Waals surface area contributed by atoms with E-state index in [0.29, 0.717) is 17.5 Å². The maximum Gasteiger partial charge on any atom is 0.230 e. The third-order valence-electron chi connectivity index (χ3n) is 4.21. The lowest BCUT2D eigenvalue weighted by molar-refractivity contribution is -0.118. The molecule has 0 aliphatic heterocycles. The molecule has 0 saturated heterocycles. The minimum Gasteiger partial charge on any atom is -0.355 e. The van der Waals surface area contributed by atoms with Gasteiger partial charge in [0.2, 0.25) is 5.91 Å². The lowest BCUT2D eigenvalue weighted by Gasteiger charge is -2.13. The number of nitrogens with one attached hydrogen (secondary N) is 1. The van der Waals surface area contributed by atoms with Crippen molar-refractivity contribution in [2.24, 2.45) is 0 Å². The Morgan fingerprint density at radius 2 is 1.70 bits per heavy atom. The van der Waals surface area contributed by atoms with Crippen LogP contribution in [0.1, 0.15) is 24.1 Å². The van der Waals surface area contributed by atoms with Crippen molar-refractivity contribution in [2.75, 3.05) is 12.3 Å². The van der Waals surface area contributed by atoms with E-state index in [1.54, 1.807) is 0 Å². The lowest BCUT2D eigenvalue weighted by atomic mass is 10.0. The first-order chi connectivity index (χ1) is 13.1. The number of carbonyl (C=O) groups is 1. The van der Waals surface area contributed by atoms with Crippen LogP contribution in [0.15, 0.2) is 71.9 Å². The quantitative estimate of drug-likeness (QED) is 0.488. The number of aryl methyl sites for hydroxylation is 1. The van der Waals surface area contributed by atoms with Gasteiger partial charge in [-0.1, -0.05) is 79.3 Å². The van der Waals surface area contributed by atoms with Crippen molar-refractivity contribution >= 4 is 17.7 Å². The average Bonchev–Trinajstić information content (AvgIpc) is 2.71. The highest BCUT2D eigenvalue weighted by Crippen LogP contribution is 2.21. The van der Waals surface area contributed by atoms with Crippen molar-refractivity contribution < 1.29 is 4.79 Å². The van der Waals surface area contributed by atoms with E-state index in [1.165, 1.54) is 17.3 Å². The van der Waals surface area contributed by atoms with E-state index in [-0.39, 0.29) is 11.8 Å². The van der Waals surface area contributed by atoms with Gasteiger partial charge in [-0.15, -0.1) is 0 Å². The Hall–Kier alpha value is -2.66. The van der Waals surface area contributed by atoms with Crippen molar-refractivity contribution in [2.45, 2.75) is 24.9 Å². The van der Waals surface area contributed by atoms with E-state index >= 15 is 0 Å². The zero-order valence-electron chi connectivity index (χ0n) is 15.6. The minimum absolute atomic E-state index is 0.00542. The average molecular weight is 378 g/mol. The largest absolute Gasteiger partial charge is 0.355 e. The summed E-state index contributed by atoms with van der Waals surface area (Å²) in [5, 5.41) is 3.62. The van der Waals surface area contributed by atoms with E-state index in [4.69, 9.17) is 0 Å². The predicted octanol–water partition coefficient (Wildman–Crippen LogP) is 4.46. The van der Waals surface area contributed by atoms with E-state index < -0.39 is 0 Å². The first-order valence-electron chi connectivity index (χ1n) is 8.97. The lowest BCUT2D eigenvalue weighted by Crippen LogP contribution is -2.29. The number of benzene rings is 2. The summed E-state index contributed by atoms with van der Waals surface area (Å²) in [6, 6.07) is 22.1. The molecular weight excluding hydrogens is 354 g/mol. The second-order valence-electron chi connectivity index (χ2n) is 6.45. The second kappa shape index (κ2) is 9.33. The monoisotopic (exact) mass is 377 g/mol. The smallest absolute Gasteiger partial charge is 0.230 e. The van der Waals surface area contributed by atoms with Gasteiger partial charge in [0.1, 0.15) is 0 Å². The molecule has 0 radical (unpaired) electrons.